The number of hydrogen-bond donors (Lipinski definition) is 0. The molecule has 0 unspecified atom stereocenters. The van der Waals surface area contributed by atoms with Gasteiger partial charge in [0.15, 0.2) is 5.82 Å². The second kappa shape index (κ2) is 7.82. The molecular weight excluding hydrogens is 342 g/mol. The third-order valence-corrected chi connectivity index (χ3v) is 4.43. The minimum Gasteiger partial charge on any atom is -0.465 e. The van der Waals surface area contributed by atoms with Gasteiger partial charge in [-0.15, -0.1) is 10.2 Å². The monoisotopic (exact) mass is 361 g/mol. The summed E-state index contributed by atoms with van der Waals surface area (Å²) >= 11 is 0. The molecule has 0 aromatic carbocycles. The smallest absolute Gasteiger partial charge is 0.246 e. The average molecular weight is 361 g/mol. The van der Waals surface area contributed by atoms with E-state index in [0.717, 1.165) is 30.3 Å². The van der Waals surface area contributed by atoms with Gasteiger partial charge in [0.05, 0.1) is 12.0 Å². The van der Waals surface area contributed by atoms with Crippen LogP contribution >= 0.6 is 0 Å². The van der Waals surface area contributed by atoms with Crippen LogP contribution in [-0.2, 0) is 4.79 Å². The Morgan fingerprint density at radius 2 is 1.85 bits per heavy atom. The van der Waals surface area contributed by atoms with Gasteiger partial charge in [0.1, 0.15) is 11.5 Å². The van der Waals surface area contributed by atoms with Gasteiger partial charge in [0.2, 0.25) is 5.91 Å². The Labute approximate surface area is 157 Å². The van der Waals surface area contributed by atoms with Gasteiger partial charge in [-0.25, -0.2) is 0 Å². The number of furan rings is 1. The van der Waals surface area contributed by atoms with Crippen molar-refractivity contribution in [1.29, 1.82) is 0 Å². The Kier molecular flexibility index (Phi) is 4.91. The maximum absolute atomic E-state index is 12.3. The van der Waals surface area contributed by atoms with Gasteiger partial charge in [0, 0.05) is 38.5 Å². The summed E-state index contributed by atoms with van der Waals surface area (Å²) in [6.45, 7) is 2.73. The SMILES string of the molecule is O=C(/C=C/c1ccco1)N1CCN(c2ccc(-c3ccccn3)nn2)CC1. The molecule has 136 valence electrons. The number of aromatic nitrogens is 3. The highest BCUT2D eigenvalue weighted by atomic mass is 16.3. The Hall–Kier alpha value is -3.48. The van der Waals surface area contributed by atoms with Crippen molar-refractivity contribution < 1.29 is 9.21 Å². The molecule has 0 N–H and O–H groups in total. The minimum atomic E-state index is -0.0114. The third-order valence-electron chi connectivity index (χ3n) is 4.43. The molecule has 7 nitrogen and oxygen atoms in total. The fourth-order valence-electron chi connectivity index (χ4n) is 2.95. The Bertz CT molecular complexity index is 899. The highest BCUT2D eigenvalue weighted by Crippen LogP contribution is 2.17. The Morgan fingerprint density at radius 3 is 2.52 bits per heavy atom. The van der Waals surface area contributed by atoms with E-state index in [1.165, 1.54) is 0 Å². The molecule has 3 aromatic rings. The van der Waals surface area contributed by atoms with Crippen LogP contribution in [-0.4, -0.2) is 52.2 Å². The average Bonchev–Trinajstić information content (AvgIpc) is 3.27. The molecule has 0 atom stereocenters. The van der Waals surface area contributed by atoms with Gasteiger partial charge in [-0.2, -0.15) is 0 Å². The molecular formula is C20H19N5O2. The molecule has 4 rings (SSSR count). The first kappa shape index (κ1) is 17.0. The predicted molar refractivity (Wildman–Crippen MR) is 102 cm³/mol. The summed E-state index contributed by atoms with van der Waals surface area (Å²) in [5.74, 6) is 1.47. The number of carbonyl (C=O) groups is 1. The lowest BCUT2D eigenvalue weighted by Gasteiger charge is -2.34. The lowest BCUT2D eigenvalue weighted by Crippen LogP contribution is -2.48. The van der Waals surface area contributed by atoms with E-state index in [-0.39, 0.29) is 5.91 Å². The van der Waals surface area contributed by atoms with Crippen LogP contribution in [0.5, 0.6) is 0 Å². The van der Waals surface area contributed by atoms with E-state index in [1.807, 2.05) is 41.3 Å². The maximum Gasteiger partial charge on any atom is 0.246 e. The fourth-order valence-corrected chi connectivity index (χ4v) is 2.95. The zero-order valence-electron chi connectivity index (χ0n) is 14.7. The van der Waals surface area contributed by atoms with E-state index < -0.39 is 0 Å². The lowest BCUT2D eigenvalue weighted by molar-refractivity contribution is -0.126. The van der Waals surface area contributed by atoms with E-state index in [4.69, 9.17) is 4.42 Å². The summed E-state index contributed by atoms with van der Waals surface area (Å²) in [5, 5.41) is 8.60. The largest absolute Gasteiger partial charge is 0.465 e. The van der Waals surface area contributed by atoms with Crippen LogP contribution in [0.15, 0.2) is 65.4 Å². The van der Waals surface area contributed by atoms with Crippen LogP contribution in [0.3, 0.4) is 0 Å². The number of carbonyl (C=O) groups excluding carboxylic acids is 1. The van der Waals surface area contributed by atoms with Crippen molar-refractivity contribution in [2.45, 2.75) is 0 Å². The van der Waals surface area contributed by atoms with E-state index in [0.29, 0.717) is 18.8 Å². The Balaban J connectivity index is 1.34. The minimum absolute atomic E-state index is 0.0114. The lowest BCUT2D eigenvalue weighted by atomic mass is 10.2. The number of amides is 1. The van der Waals surface area contributed by atoms with E-state index >= 15 is 0 Å². The number of piperazine rings is 1. The van der Waals surface area contributed by atoms with Crippen LogP contribution in [0.2, 0.25) is 0 Å². The van der Waals surface area contributed by atoms with Crippen molar-refractivity contribution in [3.63, 3.8) is 0 Å². The van der Waals surface area contributed by atoms with Gasteiger partial charge in [-0.1, -0.05) is 6.07 Å². The number of hydrogen-bond acceptors (Lipinski definition) is 6. The molecule has 1 aliphatic heterocycles. The van der Waals surface area contributed by atoms with Crippen molar-refractivity contribution in [3.05, 3.63) is 66.8 Å². The molecule has 1 saturated heterocycles. The van der Waals surface area contributed by atoms with Gasteiger partial charge < -0.3 is 14.2 Å². The first-order valence-electron chi connectivity index (χ1n) is 8.80. The van der Waals surface area contributed by atoms with E-state index in [2.05, 4.69) is 20.1 Å². The number of anilines is 1. The van der Waals surface area contributed by atoms with Crippen LogP contribution in [0.1, 0.15) is 5.76 Å². The summed E-state index contributed by atoms with van der Waals surface area (Å²) in [6, 6.07) is 13.2. The molecule has 7 heteroatoms. The van der Waals surface area contributed by atoms with Crippen LogP contribution in [0, 0.1) is 0 Å². The summed E-state index contributed by atoms with van der Waals surface area (Å²) in [5.41, 5.74) is 1.55. The maximum atomic E-state index is 12.3. The highest BCUT2D eigenvalue weighted by Gasteiger charge is 2.21. The first-order valence-corrected chi connectivity index (χ1v) is 8.80. The van der Waals surface area contributed by atoms with E-state index in [9.17, 15) is 4.79 Å². The molecule has 3 aromatic heterocycles. The van der Waals surface area contributed by atoms with Crippen LogP contribution < -0.4 is 4.90 Å². The molecule has 27 heavy (non-hydrogen) atoms. The van der Waals surface area contributed by atoms with Gasteiger partial charge in [-0.05, 0) is 42.5 Å². The molecule has 0 spiro atoms. The third kappa shape index (κ3) is 4.03. The van der Waals surface area contributed by atoms with Crippen LogP contribution in [0.25, 0.3) is 17.5 Å². The highest BCUT2D eigenvalue weighted by molar-refractivity contribution is 5.91. The van der Waals surface area contributed by atoms with Gasteiger partial charge in [0.25, 0.3) is 0 Å². The molecule has 0 saturated carbocycles. The van der Waals surface area contributed by atoms with E-state index in [1.54, 1.807) is 30.7 Å². The van der Waals surface area contributed by atoms with Crippen LogP contribution in [0.4, 0.5) is 5.82 Å². The molecule has 0 radical (unpaired) electrons. The number of rotatable bonds is 4. The van der Waals surface area contributed by atoms with Gasteiger partial charge in [-0.3, -0.25) is 9.78 Å². The summed E-state index contributed by atoms with van der Waals surface area (Å²) in [4.78, 5) is 20.5. The quantitative estimate of drug-likeness (QED) is 0.665. The second-order valence-electron chi connectivity index (χ2n) is 6.15. The summed E-state index contributed by atoms with van der Waals surface area (Å²) in [6.07, 6.45) is 6.57. The molecule has 1 fully saturated rings. The molecule has 1 amide bonds. The molecule has 0 aliphatic carbocycles. The number of nitrogens with zero attached hydrogens (tertiary/aromatic N) is 5. The number of pyridine rings is 1. The van der Waals surface area contributed by atoms with Crippen molar-refractivity contribution >= 4 is 17.8 Å². The fraction of sp³-hybridized carbons (Fsp3) is 0.200. The molecule has 1 aliphatic rings. The topological polar surface area (TPSA) is 75.4 Å². The van der Waals surface area contributed by atoms with Crippen molar-refractivity contribution in [3.8, 4) is 11.4 Å². The summed E-state index contributed by atoms with van der Waals surface area (Å²) in [7, 11) is 0. The first-order chi connectivity index (χ1) is 13.3. The van der Waals surface area contributed by atoms with Crippen molar-refractivity contribution in [1.82, 2.24) is 20.1 Å². The molecule has 4 heterocycles. The van der Waals surface area contributed by atoms with Crippen molar-refractivity contribution in [2.24, 2.45) is 0 Å². The zero-order chi connectivity index (χ0) is 18.5. The van der Waals surface area contributed by atoms with Crippen molar-refractivity contribution in [2.75, 3.05) is 31.1 Å². The normalized spacial score (nSPS) is 14.7. The van der Waals surface area contributed by atoms with Gasteiger partial charge >= 0.3 is 0 Å². The second-order valence-corrected chi connectivity index (χ2v) is 6.15. The standard InChI is InChI=1S/C20H19N5O2/c26-20(9-6-16-4-3-15-27-16)25-13-11-24(12-14-25)19-8-7-18(22-23-19)17-5-1-2-10-21-17/h1-10,15H,11-14H2/b9-6+. The Morgan fingerprint density at radius 1 is 0.963 bits per heavy atom. The molecule has 0 bridgehead atoms. The summed E-state index contributed by atoms with van der Waals surface area (Å²) < 4.78 is 5.20. The predicted octanol–water partition coefficient (Wildman–Crippen LogP) is 2.49. The zero-order valence-corrected chi connectivity index (χ0v) is 14.7.